The summed E-state index contributed by atoms with van der Waals surface area (Å²) in [6.07, 6.45) is 1.05. The van der Waals surface area contributed by atoms with Crippen molar-refractivity contribution >= 4 is 11.8 Å². The molecule has 5 atom stereocenters. The Labute approximate surface area is 247 Å². The largest absolute Gasteiger partial charge is 0.459 e. The van der Waals surface area contributed by atoms with Crippen LogP contribution in [0.3, 0.4) is 0 Å². The lowest BCUT2D eigenvalue weighted by Crippen LogP contribution is -2.42. The quantitative estimate of drug-likeness (QED) is 0.410. The Balaban J connectivity index is 1.38. The van der Waals surface area contributed by atoms with E-state index >= 15 is 0 Å². The third-order valence-corrected chi connectivity index (χ3v) is 8.44. The van der Waals surface area contributed by atoms with Gasteiger partial charge < -0.3 is 34.3 Å². The van der Waals surface area contributed by atoms with Gasteiger partial charge in [-0.3, -0.25) is 4.90 Å². The highest BCUT2D eigenvalue weighted by Gasteiger charge is 2.42. The number of likely N-dealkylation sites (tertiary alicyclic amines) is 1. The molecule has 3 aromatic rings. The van der Waals surface area contributed by atoms with Gasteiger partial charge in [-0.25, -0.2) is 9.37 Å². The maximum Gasteiger partial charge on any atom is 0.322 e. The van der Waals surface area contributed by atoms with E-state index in [0.29, 0.717) is 44.8 Å². The van der Waals surface area contributed by atoms with Crippen LogP contribution in [-0.4, -0.2) is 108 Å². The molecule has 230 valence electrons. The average molecular weight is 598 g/mol. The van der Waals surface area contributed by atoms with Crippen LogP contribution >= 0.6 is 0 Å². The van der Waals surface area contributed by atoms with Crippen LogP contribution in [-0.2, 0) is 16.7 Å². The molecule has 6 rings (SSSR count). The second-order valence-corrected chi connectivity index (χ2v) is 12.1. The molecule has 2 fully saturated rings. The normalized spacial score (nSPS) is 28.7. The first kappa shape index (κ1) is 29.1. The maximum absolute atomic E-state index is 14.1. The van der Waals surface area contributed by atoms with Crippen LogP contribution in [0.5, 0.6) is 6.01 Å². The lowest BCUT2D eigenvalue weighted by Gasteiger charge is -2.33. The number of nitrogen functional groups attached to an aromatic ring is 1. The van der Waals surface area contributed by atoms with Crippen LogP contribution in [0.1, 0.15) is 57.4 Å². The Morgan fingerprint density at radius 1 is 1.21 bits per heavy atom. The standard InChI is InChI=1S/C27H36FN11O4/c1-15(17-10-16(28)12-37(17)4)42-25-34-21(33-24(35-25)38-8-9-41-14-26(2,40)13-38)22-32-23(43-36-22)27(3)7-5-6-19-31-20(30)18(11-29)39(19)27/h15-17,40H,5-10,12-14,30H2,1-4H3/t15-,16+,17-,26-,27+/m0/s1. The average Bonchev–Trinajstić information content (AvgIpc) is 3.64. The highest BCUT2D eigenvalue weighted by atomic mass is 19.1. The maximum atomic E-state index is 14.1. The molecule has 0 unspecified atom stereocenters. The van der Waals surface area contributed by atoms with Gasteiger partial charge in [0.05, 0.1) is 19.8 Å². The first-order valence-electron chi connectivity index (χ1n) is 14.4. The number of nitriles is 1. The zero-order valence-electron chi connectivity index (χ0n) is 24.7. The number of halogens is 1. The van der Waals surface area contributed by atoms with Gasteiger partial charge in [0.2, 0.25) is 17.6 Å². The minimum Gasteiger partial charge on any atom is -0.459 e. The molecule has 0 bridgehead atoms. The van der Waals surface area contributed by atoms with Crippen molar-refractivity contribution in [2.24, 2.45) is 0 Å². The van der Waals surface area contributed by atoms with Crippen LogP contribution in [0.4, 0.5) is 16.2 Å². The smallest absolute Gasteiger partial charge is 0.322 e. The van der Waals surface area contributed by atoms with Gasteiger partial charge in [0.15, 0.2) is 11.5 Å². The number of imidazole rings is 1. The molecule has 15 nitrogen and oxygen atoms in total. The van der Waals surface area contributed by atoms with E-state index in [-0.39, 0.29) is 60.2 Å². The van der Waals surface area contributed by atoms with Crippen molar-refractivity contribution in [1.29, 1.82) is 5.26 Å². The van der Waals surface area contributed by atoms with Gasteiger partial charge >= 0.3 is 6.01 Å². The number of β-amino-alcohol motifs (C(OH)–C–C–N with tert-alkyl or cyclic N) is 1. The SMILES string of the molecule is C[C@H](Oc1nc(-c2noc([C@@]3(C)CCCc4nc(N)c(C#N)n43)n2)nc(N2CCOC[C@@](C)(O)C2)n1)[C@@H]1C[C@@H](F)CN1C. The number of aryl methyl sites for hydroxylation is 1. The molecule has 3 aliphatic heterocycles. The van der Waals surface area contributed by atoms with Gasteiger partial charge in [-0.05, 0) is 47.1 Å². The number of rotatable bonds is 6. The third kappa shape index (κ3) is 5.48. The van der Waals surface area contributed by atoms with Gasteiger partial charge in [0.1, 0.15) is 35.3 Å². The molecule has 16 heteroatoms. The van der Waals surface area contributed by atoms with E-state index in [1.54, 1.807) is 16.4 Å². The third-order valence-electron chi connectivity index (χ3n) is 8.44. The Morgan fingerprint density at radius 2 is 2.02 bits per heavy atom. The topological polar surface area (TPSA) is 190 Å². The summed E-state index contributed by atoms with van der Waals surface area (Å²) in [5.41, 5.74) is 4.28. The number of ether oxygens (including phenoxy) is 2. The summed E-state index contributed by atoms with van der Waals surface area (Å²) in [4.78, 5) is 26.5. The summed E-state index contributed by atoms with van der Waals surface area (Å²) < 4.78 is 33.4. The Bertz CT molecular complexity index is 1540. The van der Waals surface area contributed by atoms with Crippen molar-refractivity contribution in [1.82, 2.24) is 39.5 Å². The van der Waals surface area contributed by atoms with Gasteiger partial charge in [0, 0.05) is 25.6 Å². The van der Waals surface area contributed by atoms with E-state index in [4.69, 9.17) is 19.7 Å². The van der Waals surface area contributed by atoms with Crippen LogP contribution < -0.4 is 15.4 Å². The molecule has 3 aromatic heterocycles. The van der Waals surface area contributed by atoms with Crippen LogP contribution in [0.15, 0.2) is 4.52 Å². The fraction of sp³-hybridized carbons (Fsp3) is 0.667. The molecular weight excluding hydrogens is 561 g/mol. The molecule has 2 saturated heterocycles. The highest BCUT2D eigenvalue weighted by Crippen LogP contribution is 2.39. The molecule has 3 N–H and O–H groups in total. The second-order valence-electron chi connectivity index (χ2n) is 12.1. The monoisotopic (exact) mass is 597 g/mol. The zero-order chi connectivity index (χ0) is 30.5. The van der Waals surface area contributed by atoms with Crippen LogP contribution in [0.2, 0.25) is 0 Å². The molecule has 0 aliphatic carbocycles. The summed E-state index contributed by atoms with van der Waals surface area (Å²) >= 11 is 0. The van der Waals surface area contributed by atoms with Crippen molar-refractivity contribution in [3.8, 4) is 23.7 Å². The van der Waals surface area contributed by atoms with E-state index in [2.05, 4.69) is 36.1 Å². The number of aliphatic hydroxyl groups is 1. The molecule has 0 saturated carbocycles. The summed E-state index contributed by atoms with van der Waals surface area (Å²) in [6.45, 7) is 6.91. The van der Waals surface area contributed by atoms with Crippen molar-refractivity contribution in [2.75, 3.05) is 50.5 Å². The highest BCUT2D eigenvalue weighted by molar-refractivity contribution is 5.49. The minimum absolute atomic E-state index is 0.0136. The lowest BCUT2D eigenvalue weighted by atomic mass is 9.90. The van der Waals surface area contributed by atoms with E-state index < -0.39 is 23.4 Å². The minimum atomic E-state index is -1.14. The number of nitrogens with zero attached hydrogens (tertiary/aromatic N) is 10. The predicted molar refractivity (Wildman–Crippen MR) is 150 cm³/mol. The van der Waals surface area contributed by atoms with Crippen LogP contribution in [0.25, 0.3) is 11.6 Å². The van der Waals surface area contributed by atoms with Crippen molar-refractivity contribution in [3.05, 3.63) is 17.4 Å². The number of nitrogens with two attached hydrogens (primary N) is 1. The molecule has 0 spiro atoms. The number of alkyl halides is 1. The summed E-state index contributed by atoms with van der Waals surface area (Å²) in [5.74, 6) is 1.52. The number of fused-ring (bicyclic) bond motifs is 1. The summed E-state index contributed by atoms with van der Waals surface area (Å²) in [7, 11) is 1.86. The zero-order valence-corrected chi connectivity index (χ0v) is 24.7. The van der Waals surface area contributed by atoms with E-state index in [9.17, 15) is 14.8 Å². The second kappa shape index (κ2) is 11.0. The lowest BCUT2D eigenvalue weighted by molar-refractivity contribution is -0.0123. The molecule has 0 aromatic carbocycles. The molecular formula is C27H36FN11O4. The van der Waals surface area contributed by atoms with E-state index in [1.807, 2.05) is 25.8 Å². The Morgan fingerprint density at radius 3 is 2.77 bits per heavy atom. The first-order valence-corrected chi connectivity index (χ1v) is 14.4. The number of hydrogen-bond donors (Lipinski definition) is 2. The molecule has 6 heterocycles. The Kier molecular flexibility index (Phi) is 7.43. The van der Waals surface area contributed by atoms with Gasteiger partial charge in [-0.15, -0.1) is 0 Å². The predicted octanol–water partition coefficient (Wildman–Crippen LogP) is 1.07. The fourth-order valence-corrected chi connectivity index (χ4v) is 6.30. The number of hydrogen-bond acceptors (Lipinski definition) is 14. The van der Waals surface area contributed by atoms with E-state index in [1.165, 1.54) is 0 Å². The fourth-order valence-electron chi connectivity index (χ4n) is 6.30. The van der Waals surface area contributed by atoms with Crippen molar-refractivity contribution in [3.63, 3.8) is 0 Å². The molecule has 43 heavy (non-hydrogen) atoms. The first-order chi connectivity index (χ1) is 20.5. The number of aromatic nitrogens is 7. The molecule has 0 amide bonds. The van der Waals surface area contributed by atoms with Gasteiger partial charge in [0.25, 0.3) is 5.89 Å². The number of anilines is 2. The van der Waals surface area contributed by atoms with Crippen LogP contribution in [0, 0.1) is 11.3 Å². The summed E-state index contributed by atoms with van der Waals surface area (Å²) in [6, 6.07) is 2.00. The van der Waals surface area contributed by atoms with Crippen molar-refractivity contribution < 1.29 is 23.5 Å². The van der Waals surface area contributed by atoms with Gasteiger partial charge in [-0.1, -0.05) is 5.16 Å². The summed E-state index contributed by atoms with van der Waals surface area (Å²) in [5, 5.41) is 24.8. The Hall–Kier alpha value is -3.94. The van der Waals surface area contributed by atoms with Crippen molar-refractivity contribution in [2.45, 2.75) is 75.9 Å². The van der Waals surface area contributed by atoms with E-state index in [0.717, 1.165) is 6.42 Å². The van der Waals surface area contributed by atoms with Gasteiger partial charge in [-0.2, -0.15) is 25.2 Å². The molecule has 0 radical (unpaired) electrons. The number of likely N-dealkylation sites (N-methyl/N-ethyl adjacent to an activating group) is 1. The molecule has 3 aliphatic rings.